The number of methoxy groups -OCH3 is 1. The van der Waals surface area contributed by atoms with Gasteiger partial charge in [-0.3, -0.25) is 4.79 Å². The molecule has 1 rings (SSSR count). The van der Waals surface area contributed by atoms with Gasteiger partial charge in [-0.25, -0.2) is 0 Å². The van der Waals surface area contributed by atoms with Crippen LogP contribution in [-0.4, -0.2) is 38.6 Å². The molecule has 0 aliphatic rings. The number of hydrogen-bond donors (Lipinski definition) is 1. The van der Waals surface area contributed by atoms with Crippen LogP contribution in [0.15, 0.2) is 18.2 Å². The SMILES string of the molecule is CNCC(=O)N(C)Cc1cc(C(C)C)ccc1OC. The van der Waals surface area contributed by atoms with E-state index in [1.54, 1.807) is 26.1 Å². The van der Waals surface area contributed by atoms with Gasteiger partial charge in [-0.15, -0.1) is 0 Å². The second kappa shape index (κ2) is 7.14. The summed E-state index contributed by atoms with van der Waals surface area (Å²) in [6.45, 7) is 5.22. The highest BCUT2D eigenvalue weighted by molar-refractivity contribution is 5.78. The summed E-state index contributed by atoms with van der Waals surface area (Å²) in [4.78, 5) is 13.5. The van der Waals surface area contributed by atoms with Crippen molar-refractivity contribution in [3.63, 3.8) is 0 Å². The lowest BCUT2D eigenvalue weighted by molar-refractivity contribution is -0.129. The maximum absolute atomic E-state index is 11.8. The number of amides is 1. The standard InChI is InChI=1S/C15H24N2O2/c1-11(2)12-6-7-14(19-5)13(8-12)10-17(4)15(18)9-16-3/h6-8,11,16H,9-10H2,1-5H3. The molecule has 1 aromatic rings. The number of benzene rings is 1. The number of likely N-dealkylation sites (N-methyl/N-ethyl adjacent to an activating group) is 2. The average molecular weight is 264 g/mol. The Labute approximate surface area is 115 Å². The molecule has 0 bridgehead atoms. The zero-order chi connectivity index (χ0) is 14.4. The van der Waals surface area contributed by atoms with Gasteiger partial charge in [0.2, 0.25) is 5.91 Å². The Morgan fingerprint density at radius 1 is 1.42 bits per heavy atom. The van der Waals surface area contributed by atoms with E-state index in [4.69, 9.17) is 4.74 Å². The molecule has 0 heterocycles. The quantitative estimate of drug-likeness (QED) is 0.854. The smallest absolute Gasteiger partial charge is 0.236 e. The molecule has 0 aliphatic heterocycles. The van der Waals surface area contributed by atoms with Crippen molar-refractivity contribution in [1.29, 1.82) is 0 Å². The summed E-state index contributed by atoms with van der Waals surface area (Å²) in [6, 6.07) is 6.16. The van der Waals surface area contributed by atoms with Crippen LogP contribution in [0.3, 0.4) is 0 Å². The molecule has 0 aliphatic carbocycles. The molecular formula is C15H24N2O2. The molecule has 106 valence electrons. The Morgan fingerprint density at radius 2 is 2.11 bits per heavy atom. The van der Waals surface area contributed by atoms with E-state index < -0.39 is 0 Å². The lowest BCUT2D eigenvalue weighted by Crippen LogP contribution is -2.33. The van der Waals surface area contributed by atoms with Crippen LogP contribution in [0.2, 0.25) is 0 Å². The molecule has 0 unspecified atom stereocenters. The highest BCUT2D eigenvalue weighted by Crippen LogP contribution is 2.25. The molecule has 0 radical (unpaired) electrons. The molecule has 0 aromatic heterocycles. The molecule has 4 heteroatoms. The minimum absolute atomic E-state index is 0.0690. The normalized spacial score (nSPS) is 10.6. The Morgan fingerprint density at radius 3 is 2.63 bits per heavy atom. The van der Waals surface area contributed by atoms with Gasteiger partial charge in [0.1, 0.15) is 5.75 Å². The maximum Gasteiger partial charge on any atom is 0.236 e. The summed E-state index contributed by atoms with van der Waals surface area (Å²) in [6.07, 6.45) is 0. The molecule has 1 N–H and O–H groups in total. The molecule has 0 atom stereocenters. The fourth-order valence-electron chi connectivity index (χ4n) is 1.91. The predicted molar refractivity (Wildman–Crippen MR) is 77.5 cm³/mol. The van der Waals surface area contributed by atoms with Gasteiger partial charge in [-0.05, 0) is 24.6 Å². The average Bonchev–Trinajstić information content (AvgIpc) is 2.38. The Hall–Kier alpha value is -1.55. The van der Waals surface area contributed by atoms with E-state index in [0.29, 0.717) is 19.0 Å². The number of hydrogen-bond acceptors (Lipinski definition) is 3. The third-order valence-corrected chi connectivity index (χ3v) is 3.13. The van der Waals surface area contributed by atoms with Crippen molar-refractivity contribution in [3.05, 3.63) is 29.3 Å². The maximum atomic E-state index is 11.8. The van der Waals surface area contributed by atoms with E-state index in [2.05, 4.69) is 31.3 Å². The van der Waals surface area contributed by atoms with Crippen LogP contribution in [0.25, 0.3) is 0 Å². The zero-order valence-corrected chi connectivity index (χ0v) is 12.5. The van der Waals surface area contributed by atoms with Crippen LogP contribution in [0.4, 0.5) is 0 Å². The van der Waals surface area contributed by atoms with Gasteiger partial charge in [-0.2, -0.15) is 0 Å². The van der Waals surface area contributed by atoms with E-state index >= 15 is 0 Å². The lowest BCUT2D eigenvalue weighted by atomic mass is 10.00. The highest BCUT2D eigenvalue weighted by Gasteiger charge is 2.12. The molecule has 1 aromatic carbocycles. The first-order valence-corrected chi connectivity index (χ1v) is 6.55. The number of carbonyl (C=O) groups excluding carboxylic acids is 1. The van der Waals surface area contributed by atoms with Crippen LogP contribution in [0.1, 0.15) is 30.9 Å². The van der Waals surface area contributed by atoms with Crippen LogP contribution in [0.5, 0.6) is 5.75 Å². The highest BCUT2D eigenvalue weighted by atomic mass is 16.5. The number of nitrogens with one attached hydrogen (secondary N) is 1. The number of rotatable bonds is 6. The van der Waals surface area contributed by atoms with Crippen molar-refractivity contribution in [3.8, 4) is 5.75 Å². The van der Waals surface area contributed by atoms with Gasteiger partial charge in [0.05, 0.1) is 13.7 Å². The molecule has 0 saturated carbocycles. The van der Waals surface area contributed by atoms with Crippen molar-refractivity contribution in [2.24, 2.45) is 0 Å². The van der Waals surface area contributed by atoms with Gasteiger partial charge >= 0.3 is 0 Å². The second-order valence-electron chi connectivity index (χ2n) is 5.01. The minimum atomic E-state index is 0.0690. The number of carbonyl (C=O) groups is 1. The second-order valence-corrected chi connectivity index (χ2v) is 5.01. The van der Waals surface area contributed by atoms with E-state index in [1.807, 2.05) is 6.07 Å². The molecule has 19 heavy (non-hydrogen) atoms. The fourth-order valence-corrected chi connectivity index (χ4v) is 1.91. The zero-order valence-electron chi connectivity index (χ0n) is 12.5. The summed E-state index contributed by atoms with van der Waals surface area (Å²) in [5.74, 6) is 1.36. The van der Waals surface area contributed by atoms with Crippen LogP contribution in [-0.2, 0) is 11.3 Å². The molecular weight excluding hydrogens is 240 g/mol. The topological polar surface area (TPSA) is 41.6 Å². The van der Waals surface area contributed by atoms with Crippen molar-refractivity contribution in [2.45, 2.75) is 26.3 Å². The van der Waals surface area contributed by atoms with Gasteiger partial charge < -0.3 is 15.0 Å². The van der Waals surface area contributed by atoms with Gasteiger partial charge in [0.25, 0.3) is 0 Å². The predicted octanol–water partition coefficient (Wildman–Crippen LogP) is 2.00. The summed E-state index contributed by atoms with van der Waals surface area (Å²) < 4.78 is 5.37. The largest absolute Gasteiger partial charge is 0.496 e. The Bertz CT molecular complexity index is 430. The third kappa shape index (κ3) is 4.24. The van der Waals surface area contributed by atoms with E-state index in [0.717, 1.165) is 11.3 Å². The lowest BCUT2D eigenvalue weighted by Gasteiger charge is -2.20. The summed E-state index contributed by atoms with van der Waals surface area (Å²) in [7, 11) is 5.23. The third-order valence-electron chi connectivity index (χ3n) is 3.13. The molecule has 0 saturated heterocycles. The first kappa shape index (κ1) is 15.5. The van der Waals surface area contributed by atoms with E-state index in [9.17, 15) is 4.79 Å². The van der Waals surface area contributed by atoms with Crippen molar-refractivity contribution in [1.82, 2.24) is 10.2 Å². The van der Waals surface area contributed by atoms with Gasteiger partial charge in [0, 0.05) is 19.2 Å². The summed E-state index contributed by atoms with van der Waals surface area (Å²) in [5.41, 5.74) is 2.30. The van der Waals surface area contributed by atoms with Crippen LogP contribution < -0.4 is 10.1 Å². The van der Waals surface area contributed by atoms with Crippen molar-refractivity contribution < 1.29 is 9.53 Å². The summed E-state index contributed by atoms with van der Waals surface area (Å²) in [5, 5.41) is 2.87. The van der Waals surface area contributed by atoms with Gasteiger partial charge in [0.15, 0.2) is 0 Å². The van der Waals surface area contributed by atoms with Crippen molar-refractivity contribution in [2.75, 3.05) is 27.7 Å². The fraction of sp³-hybridized carbons (Fsp3) is 0.533. The van der Waals surface area contributed by atoms with Crippen LogP contribution in [0, 0.1) is 0 Å². The van der Waals surface area contributed by atoms with E-state index in [1.165, 1.54) is 5.56 Å². The van der Waals surface area contributed by atoms with Gasteiger partial charge in [-0.1, -0.05) is 26.0 Å². The molecule has 1 amide bonds. The van der Waals surface area contributed by atoms with E-state index in [-0.39, 0.29) is 5.91 Å². The Kier molecular flexibility index (Phi) is 5.83. The number of nitrogens with zero attached hydrogens (tertiary/aromatic N) is 1. The first-order chi connectivity index (χ1) is 8.99. The Balaban J connectivity index is 2.91. The monoisotopic (exact) mass is 264 g/mol. The molecule has 0 spiro atoms. The molecule has 4 nitrogen and oxygen atoms in total. The van der Waals surface area contributed by atoms with Crippen molar-refractivity contribution >= 4 is 5.91 Å². The minimum Gasteiger partial charge on any atom is -0.496 e. The summed E-state index contributed by atoms with van der Waals surface area (Å²) >= 11 is 0. The molecule has 0 fully saturated rings. The number of ether oxygens (including phenoxy) is 1. The first-order valence-electron chi connectivity index (χ1n) is 6.55. The van der Waals surface area contributed by atoms with Crippen LogP contribution >= 0.6 is 0 Å².